The Hall–Kier alpha value is -3.36. The van der Waals surface area contributed by atoms with E-state index in [4.69, 9.17) is 4.74 Å². The third-order valence-electron chi connectivity index (χ3n) is 3.87. The number of alkyl carbamates (subject to hydrolysis) is 1. The Morgan fingerprint density at radius 3 is 2.34 bits per heavy atom. The Labute approximate surface area is 168 Å². The maximum absolute atomic E-state index is 12.8. The monoisotopic (exact) mass is 402 g/mol. The molecule has 2 rings (SSSR count). The Morgan fingerprint density at radius 1 is 1.10 bits per heavy atom. The van der Waals surface area contributed by atoms with Crippen LogP contribution in [0.5, 0.6) is 0 Å². The summed E-state index contributed by atoms with van der Waals surface area (Å²) in [6.07, 6.45) is 2.42. The quantitative estimate of drug-likeness (QED) is 0.531. The molecule has 29 heavy (non-hydrogen) atoms. The first-order valence-corrected chi connectivity index (χ1v) is 9.18. The average Bonchev–Trinajstić information content (AvgIpc) is 3.13. The van der Waals surface area contributed by atoms with E-state index in [9.17, 15) is 19.5 Å². The van der Waals surface area contributed by atoms with Crippen molar-refractivity contribution in [2.45, 2.75) is 51.3 Å². The highest BCUT2D eigenvalue weighted by atomic mass is 16.6. The molecule has 2 aromatic rings. The molecule has 156 valence electrons. The van der Waals surface area contributed by atoms with E-state index >= 15 is 0 Å². The SMILES string of the molecule is CC(C)(C)OC(=O)N[C@@H](Cc1ccccc1)C(=O)N[C@@H](Cc1c[nH]cn1)C(=O)O. The van der Waals surface area contributed by atoms with Gasteiger partial charge in [0.2, 0.25) is 5.91 Å². The third kappa shape index (κ3) is 7.65. The van der Waals surface area contributed by atoms with Crippen LogP contribution in [0.2, 0.25) is 0 Å². The minimum absolute atomic E-state index is 0.00900. The Bertz CT molecular complexity index is 815. The van der Waals surface area contributed by atoms with E-state index in [1.807, 2.05) is 30.3 Å². The van der Waals surface area contributed by atoms with Crippen LogP contribution in [0.4, 0.5) is 4.79 Å². The number of nitrogens with one attached hydrogen (secondary N) is 3. The summed E-state index contributed by atoms with van der Waals surface area (Å²) in [6, 6.07) is 6.90. The van der Waals surface area contributed by atoms with Crippen LogP contribution in [-0.2, 0) is 27.2 Å². The van der Waals surface area contributed by atoms with Crippen LogP contribution in [0.1, 0.15) is 32.0 Å². The summed E-state index contributed by atoms with van der Waals surface area (Å²) < 4.78 is 5.23. The van der Waals surface area contributed by atoms with E-state index in [0.29, 0.717) is 5.69 Å². The van der Waals surface area contributed by atoms with Gasteiger partial charge in [-0.3, -0.25) is 4.79 Å². The lowest BCUT2D eigenvalue weighted by atomic mass is 10.0. The molecule has 0 saturated carbocycles. The fourth-order valence-electron chi connectivity index (χ4n) is 2.59. The molecule has 0 unspecified atom stereocenters. The number of ether oxygens (including phenoxy) is 1. The second-order valence-electron chi connectivity index (χ2n) is 7.55. The molecule has 1 heterocycles. The van der Waals surface area contributed by atoms with Crippen LogP contribution >= 0.6 is 0 Å². The number of aromatic nitrogens is 2. The minimum Gasteiger partial charge on any atom is -0.480 e. The number of aliphatic carboxylic acids is 1. The number of carbonyl (C=O) groups excluding carboxylic acids is 2. The fourth-order valence-corrected chi connectivity index (χ4v) is 2.59. The molecule has 1 aromatic carbocycles. The van der Waals surface area contributed by atoms with Gasteiger partial charge in [-0.15, -0.1) is 0 Å². The first-order chi connectivity index (χ1) is 13.6. The second-order valence-corrected chi connectivity index (χ2v) is 7.55. The summed E-state index contributed by atoms with van der Waals surface area (Å²) in [4.78, 5) is 43.3. The molecule has 0 aliphatic heterocycles. The van der Waals surface area contributed by atoms with Crippen molar-refractivity contribution in [3.8, 4) is 0 Å². The Kier molecular flexibility index (Phi) is 7.35. The highest BCUT2D eigenvalue weighted by molar-refractivity contribution is 5.89. The van der Waals surface area contributed by atoms with Gasteiger partial charge in [-0.25, -0.2) is 14.6 Å². The molecule has 2 amide bonds. The highest BCUT2D eigenvalue weighted by Gasteiger charge is 2.29. The number of nitrogens with zero attached hydrogens (tertiary/aromatic N) is 1. The number of H-pyrrole nitrogens is 1. The van der Waals surface area contributed by atoms with Gasteiger partial charge in [0.05, 0.1) is 12.0 Å². The third-order valence-corrected chi connectivity index (χ3v) is 3.87. The van der Waals surface area contributed by atoms with Crippen molar-refractivity contribution in [1.29, 1.82) is 0 Å². The maximum Gasteiger partial charge on any atom is 0.408 e. The number of hydrogen-bond acceptors (Lipinski definition) is 5. The van der Waals surface area contributed by atoms with Crippen LogP contribution in [-0.4, -0.2) is 50.7 Å². The van der Waals surface area contributed by atoms with E-state index in [-0.39, 0.29) is 12.8 Å². The number of carboxylic acids is 1. The van der Waals surface area contributed by atoms with Crippen molar-refractivity contribution in [2.24, 2.45) is 0 Å². The van der Waals surface area contributed by atoms with E-state index < -0.39 is 35.7 Å². The van der Waals surface area contributed by atoms with Crippen LogP contribution < -0.4 is 10.6 Å². The van der Waals surface area contributed by atoms with Gasteiger partial charge in [0.15, 0.2) is 0 Å². The summed E-state index contributed by atoms with van der Waals surface area (Å²) in [6.45, 7) is 5.13. The number of amides is 2. The number of carboxylic acid groups (broad SMARTS) is 1. The molecule has 0 saturated heterocycles. The van der Waals surface area contributed by atoms with Crippen molar-refractivity contribution < 1.29 is 24.2 Å². The number of aromatic amines is 1. The average molecular weight is 402 g/mol. The zero-order valence-corrected chi connectivity index (χ0v) is 16.6. The van der Waals surface area contributed by atoms with Crippen LogP contribution in [0.3, 0.4) is 0 Å². The molecule has 0 fully saturated rings. The van der Waals surface area contributed by atoms with Crippen molar-refractivity contribution in [3.63, 3.8) is 0 Å². The number of imidazole rings is 1. The van der Waals surface area contributed by atoms with Gasteiger partial charge >= 0.3 is 12.1 Å². The summed E-state index contributed by atoms with van der Waals surface area (Å²) in [7, 11) is 0. The van der Waals surface area contributed by atoms with Gasteiger partial charge < -0.3 is 25.5 Å². The standard InChI is InChI=1S/C20H26N4O5/c1-20(2,3)29-19(28)24-15(9-13-7-5-4-6-8-13)17(25)23-16(18(26)27)10-14-11-21-12-22-14/h4-8,11-12,15-16H,9-10H2,1-3H3,(H,21,22)(H,23,25)(H,24,28)(H,26,27)/t15-,16-/m0/s1. The first-order valence-electron chi connectivity index (χ1n) is 9.18. The van der Waals surface area contributed by atoms with E-state index in [1.54, 1.807) is 27.0 Å². The summed E-state index contributed by atoms with van der Waals surface area (Å²) >= 11 is 0. The summed E-state index contributed by atoms with van der Waals surface area (Å²) in [5.41, 5.74) is 0.571. The van der Waals surface area contributed by atoms with Crippen LogP contribution in [0.15, 0.2) is 42.9 Å². The van der Waals surface area contributed by atoms with Gasteiger partial charge in [0.1, 0.15) is 17.7 Å². The molecule has 0 bridgehead atoms. The predicted molar refractivity (Wildman–Crippen MR) is 105 cm³/mol. The number of carbonyl (C=O) groups is 3. The lowest BCUT2D eigenvalue weighted by Crippen LogP contribution is -2.53. The van der Waals surface area contributed by atoms with E-state index in [0.717, 1.165) is 5.56 Å². The summed E-state index contributed by atoms with van der Waals surface area (Å²) in [5.74, 6) is -1.82. The molecule has 9 heteroatoms. The second kappa shape index (κ2) is 9.72. The molecule has 9 nitrogen and oxygen atoms in total. The zero-order chi connectivity index (χ0) is 21.4. The predicted octanol–water partition coefficient (Wildman–Crippen LogP) is 1.66. The van der Waals surface area contributed by atoms with Gasteiger partial charge in [-0.1, -0.05) is 30.3 Å². The molecule has 0 spiro atoms. The Morgan fingerprint density at radius 2 is 1.79 bits per heavy atom. The van der Waals surface area contributed by atoms with E-state index in [2.05, 4.69) is 20.6 Å². The molecule has 0 radical (unpaired) electrons. The lowest BCUT2D eigenvalue weighted by molar-refractivity contribution is -0.142. The molecular formula is C20H26N4O5. The fraction of sp³-hybridized carbons (Fsp3) is 0.400. The van der Waals surface area contributed by atoms with Crippen molar-refractivity contribution in [2.75, 3.05) is 0 Å². The van der Waals surface area contributed by atoms with Gasteiger partial charge in [-0.2, -0.15) is 0 Å². The number of hydrogen-bond donors (Lipinski definition) is 4. The number of benzene rings is 1. The van der Waals surface area contributed by atoms with Crippen LogP contribution in [0.25, 0.3) is 0 Å². The largest absolute Gasteiger partial charge is 0.480 e. The van der Waals surface area contributed by atoms with Crippen molar-refractivity contribution >= 4 is 18.0 Å². The smallest absolute Gasteiger partial charge is 0.408 e. The molecule has 0 aliphatic carbocycles. The minimum atomic E-state index is -1.20. The lowest BCUT2D eigenvalue weighted by Gasteiger charge is -2.24. The first kappa shape index (κ1) is 21.9. The van der Waals surface area contributed by atoms with Gasteiger partial charge in [0.25, 0.3) is 0 Å². The molecule has 4 N–H and O–H groups in total. The molecule has 2 atom stereocenters. The highest BCUT2D eigenvalue weighted by Crippen LogP contribution is 2.09. The molecular weight excluding hydrogens is 376 g/mol. The van der Waals surface area contributed by atoms with Gasteiger partial charge in [0, 0.05) is 19.0 Å². The Balaban J connectivity index is 2.13. The molecule has 0 aliphatic rings. The summed E-state index contributed by atoms with van der Waals surface area (Å²) in [5, 5.41) is 14.5. The zero-order valence-electron chi connectivity index (χ0n) is 16.6. The molecule has 1 aromatic heterocycles. The van der Waals surface area contributed by atoms with Crippen molar-refractivity contribution in [3.05, 3.63) is 54.1 Å². The maximum atomic E-state index is 12.8. The topological polar surface area (TPSA) is 133 Å². The number of rotatable bonds is 8. The normalized spacial score (nSPS) is 13.2. The van der Waals surface area contributed by atoms with Crippen LogP contribution in [0, 0.1) is 0 Å². The van der Waals surface area contributed by atoms with E-state index in [1.165, 1.54) is 6.33 Å². The van der Waals surface area contributed by atoms with Gasteiger partial charge in [-0.05, 0) is 26.3 Å². The van der Waals surface area contributed by atoms with Crippen molar-refractivity contribution in [1.82, 2.24) is 20.6 Å².